The van der Waals surface area contributed by atoms with Crippen LogP contribution in [0.5, 0.6) is 0 Å². The molecule has 0 amide bonds. The van der Waals surface area contributed by atoms with Crippen molar-refractivity contribution in [2.24, 2.45) is 0 Å². The first-order valence-electron chi connectivity index (χ1n) is 3.97. The van der Waals surface area contributed by atoms with Crippen molar-refractivity contribution in [1.82, 2.24) is 9.78 Å². The van der Waals surface area contributed by atoms with E-state index in [0.29, 0.717) is 0 Å². The smallest absolute Gasteiger partial charge is 0.0931 e. The van der Waals surface area contributed by atoms with Crippen LogP contribution in [0.15, 0.2) is 23.7 Å². The minimum atomic E-state index is 0.803. The van der Waals surface area contributed by atoms with E-state index in [0.717, 1.165) is 16.6 Å². The van der Waals surface area contributed by atoms with E-state index >= 15 is 0 Å². The molecule has 0 saturated heterocycles. The number of hydrogen-bond acceptors (Lipinski definition) is 2. The summed E-state index contributed by atoms with van der Waals surface area (Å²) < 4.78 is 2.74. The van der Waals surface area contributed by atoms with Gasteiger partial charge in [-0.15, -0.1) is 11.3 Å². The molecule has 2 nitrogen and oxygen atoms in total. The highest BCUT2D eigenvalue weighted by atomic mass is 35.5. The molecule has 2 aromatic heterocycles. The van der Waals surface area contributed by atoms with E-state index in [1.807, 2.05) is 29.9 Å². The molecule has 13 heavy (non-hydrogen) atoms. The van der Waals surface area contributed by atoms with E-state index in [-0.39, 0.29) is 0 Å². The Morgan fingerprint density at radius 3 is 3.00 bits per heavy atom. The fraction of sp³-hybridized carbons (Fsp3) is 0.222. The summed E-state index contributed by atoms with van der Waals surface area (Å²) in [6.07, 6.45) is 1.97. The van der Waals surface area contributed by atoms with Crippen LogP contribution in [0.2, 0.25) is 4.34 Å². The number of aryl methyl sites for hydroxylation is 1. The highest BCUT2D eigenvalue weighted by molar-refractivity contribution is 7.14. The van der Waals surface area contributed by atoms with Crippen LogP contribution in [-0.4, -0.2) is 9.78 Å². The van der Waals surface area contributed by atoms with Crippen molar-refractivity contribution in [1.29, 1.82) is 0 Å². The molecule has 2 heterocycles. The Balaban J connectivity index is 2.14. The zero-order valence-electron chi connectivity index (χ0n) is 7.20. The van der Waals surface area contributed by atoms with E-state index < -0.39 is 0 Å². The fourth-order valence-corrected chi connectivity index (χ4v) is 2.07. The SMILES string of the molecule is Cc1ccn(Cc2csc(Cl)c2)n1. The molecule has 2 rings (SSSR count). The van der Waals surface area contributed by atoms with E-state index in [9.17, 15) is 0 Å². The first-order valence-corrected chi connectivity index (χ1v) is 5.23. The third-order valence-electron chi connectivity index (χ3n) is 1.74. The Kier molecular flexibility index (Phi) is 2.38. The maximum Gasteiger partial charge on any atom is 0.0931 e. The average molecular weight is 213 g/mol. The minimum Gasteiger partial charge on any atom is -0.268 e. The summed E-state index contributed by atoms with van der Waals surface area (Å²) in [5.74, 6) is 0. The van der Waals surface area contributed by atoms with Gasteiger partial charge in [0.25, 0.3) is 0 Å². The van der Waals surface area contributed by atoms with Crippen LogP contribution in [-0.2, 0) is 6.54 Å². The Hall–Kier alpha value is -0.800. The van der Waals surface area contributed by atoms with Crippen molar-refractivity contribution in [3.05, 3.63) is 39.3 Å². The van der Waals surface area contributed by atoms with Gasteiger partial charge in [0.1, 0.15) is 0 Å². The first kappa shape index (κ1) is 8.78. The lowest BCUT2D eigenvalue weighted by Crippen LogP contribution is -1.98. The van der Waals surface area contributed by atoms with Crippen LogP contribution in [0, 0.1) is 6.92 Å². The number of hydrogen-bond donors (Lipinski definition) is 0. The van der Waals surface area contributed by atoms with Gasteiger partial charge in [-0.2, -0.15) is 5.10 Å². The second kappa shape index (κ2) is 3.52. The molecule has 0 bridgehead atoms. The van der Waals surface area contributed by atoms with Crippen molar-refractivity contribution in [3.63, 3.8) is 0 Å². The second-order valence-corrected chi connectivity index (χ2v) is 4.46. The molecule has 4 heteroatoms. The predicted octanol–water partition coefficient (Wildman–Crippen LogP) is 2.95. The third kappa shape index (κ3) is 2.11. The first-order chi connectivity index (χ1) is 6.24. The van der Waals surface area contributed by atoms with Crippen molar-refractivity contribution < 1.29 is 0 Å². The predicted molar refractivity (Wildman–Crippen MR) is 55.4 cm³/mol. The van der Waals surface area contributed by atoms with Gasteiger partial charge in [0.05, 0.1) is 16.6 Å². The van der Waals surface area contributed by atoms with Gasteiger partial charge in [0.2, 0.25) is 0 Å². The molecule has 0 N–H and O–H groups in total. The van der Waals surface area contributed by atoms with Crippen molar-refractivity contribution in [3.8, 4) is 0 Å². The summed E-state index contributed by atoms with van der Waals surface area (Å²) in [7, 11) is 0. The van der Waals surface area contributed by atoms with Crippen LogP contribution in [0.25, 0.3) is 0 Å². The van der Waals surface area contributed by atoms with E-state index in [4.69, 9.17) is 11.6 Å². The van der Waals surface area contributed by atoms with Gasteiger partial charge in [0.15, 0.2) is 0 Å². The average Bonchev–Trinajstić information content (AvgIpc) is 2.62. The van der Waals surface area contributed by atoms with E-state index in [1.54, 1.807) is 11.3 Å². The number of rotatable bonds is 2. The molecule has 2 aromatic rings. The van der Waals surface area contributed by atoms with Crippen molar-refractivity contribution >= 4 is 22.9 Å². The Labute approximate surface area is 85.8 Å². The van der Waals surface area contributed by atoms with Crippen LogP contribution < -0.4 is 0 Å². The Morgan fingerprint density at radius 2 is 2.46 bits per heavy atom. The zero-order chi connectivity index (χ0) is 9.26. The molecule has 0 aliphatic rings. The summed E-state index contributed by atoms with van der Waals surface area (Å²) in [6, 6.07) is 3.97. The molecule has 68 valence electrons. The fourth-order valence-electron chi connectivity index (χ4n) is 1.17. The molecular formula is C9H9ClN2S. The standard InChI is InChI=1S/C9H9ClN2S/c1-7-2-3-12(11-7)5-8-4-9(10)13-6-8/h2-4,6H,5H2,1H3. The highest BCUT2D eigenvalue weighted by Crippen LogP contribution is 2.20. The molecule has 0 spiro atoms. The van der Waals surface area contributed by atoms with Gasteiger partial charge in [-0.25, -0.2) is 0 Å². The van der Waals surface area contributed by atoms with E-state index in [2.05, 4.69) is 10.5 Å². The summed E-state index contributed by atoms with van der Waals surface area (Å²) in [6.45, 7) is 2.79. The lowest BCUT2D eigenvalue weighted by atomic mass is 10.3. The van der Waals surface area contributed by atoms with Crippen molar-refractivity contribution in [2.75, 3.05) is 0 Å². The largest absolute Gasteiger partial charge is 0.268 e. The maximum absolute atomic E-state index is 5.82. The van der Waals surface area contributed by atoms with Crippen LogP contribution in [0.4, 0.5) is 0 Å². The topological polar surface area (TPSA) is 17.8 Å². The lowest BCUT2D eigenvalue weighted by molar-refractivity contribution is 0.681. The molecule has 0 aliphatic carbocycles. The molecule has 0 atom stereocenters. The molecule has 0 aliphatic heterocycles. The minimum absolute atomic E-state index is 0.803. The van der Waals surface area contributed by atoms with Gasteiger partial charge in [0, 0.05) is 6.20 Å². The lowest BCUT2D eigenvalue weighted by Gasteiger charge is -1.96. The molecule has 0 aromatic carbocycles. The monoisotopic (exact) mass is 212 g/mol. The molecule has 0 fully saturated rings. The zero-order valence-corrected chi connectivity index (χ0v) is 8.77. The van der Waals surface area contributed by atoms with Gasteiger partial charge >= 0.3 is 0 Å². The summed E-state index contributed by atoms with van der Waals surface area (Å²) >= 11 is 7.38. The van der Waals surface area contributed by atoms with Crippen molar-refractivity contribution in [2.45, 2.75) is 13.5 Å². The molecule has 0 radical (unpaired) electrons. The van der Waals surface area contributed by atoms with E-state index in [1.165, 1.54) is 5.56 Å². The number of aromatic nitrogens is 2. The number of nitrogens with zero attached hydrogens (tertiary/aromatic N) is 2. The molecular weight excluding hydrogens is 204 g/mol. The molecule has 0 saturated carbocycles. The van der Waals surface area contributed by atoms with Gasteiger partial charge in [-0.05, 0) is 30.0 Å². The number of halogens is 1. The molecule has 0 unspecified atom stereocenters. The van der Waals surface area contributed by atoms with Crippen LogP contribution >= 0.6 is 22.9 Å². The van der Waals surface area contributed by atoms with Gasteiger partial charge in [-0.3, -0.25) is 4.68 Å². The maximum atomic E-state index is 5.82. The summed E-state index contributed by atoms with van der Waals surface area (Å²) in [5, 5.41) is 6.35. The van der Waals surface area contributed by atoms with Crippen LogP contribution in [0.3, 0.4) is 0 Å². The third-order valence-corrected chi connectivity index (χ3v) is 2.88. The Bertz CT molecular complexity index is 367. The second-order valence-electron chi connectivity index (χ2n) is 2.91. The van der Waals surface area contributed by atoms with Crippen LogP contribution in [0.1, 0.15) is 11.3 Å². The Morgan fingerprint density at radius 1 is 1.62 bits per heavy atom. The number of thiophene rings is 1. The van der Waals surface area contributed by atoms with Gasteiger partial charge < -0.3 is 0 Å². The summed E-state index contributed by atoms with van der Waals surface area (Å²) in [4.78, 5) is 0. The normalized spacial score (nSPS) is 10.6. The quantitative estimate of drug-likeness (QED) is 0.749. The van der Waals surface area contributed by atoms with Gasteiger partial charge in [-0.1, -0.05) is 11.6 Å². The highest BCUT2D eigenvalue weighted by Gasteiger charge is 1.99. The summed E-state index contributed by atoms with van der Waals surface area (Å²) in [5.41, 5.74) is 2.25.